The van der Waals surface area contributed by atoms with Crippen LogP contribution in [0.5, 0.6) is 5.75 Å². The highest BCUT2D eigenvalue weighted by molar-refractivity contribution is 7.62. The molecule has 0 heterocycles. The van der Waals surface area contributed by atoms with Crippen LogP contribution < -0.4 is 10.0 Å². The van der Waals surface area contributed by atoms with Crippen LogP contribution in [0.25, 0.3) is 0 Å². The average Bonchev–Trinajstić information content (AvgIpc) is 2.40. The van der Waals surface area contributed by atoms with Gasteiger partial charge in [-0.2, -0.15) is 0 Å². The van der Waals surface area contributed by atoms with E-state index in [0.717, 1.165) is 0 Å². The molecular weight excluding hydrogens is 267 g/mol. The van der Waals surface area contributed by atoms with Gasteiger partial charge in [-0.3, -0.25) is 4.57 Å². The Morgan fingerprint density at radius 1 is 1.05 bits per heavy atom. The number of benzene rings is 1. The molecule has 0 atom stereocenters. The van der Waals surface area contributed by atoms with Crippen LogP contribution in [0.15, 0.2) is 24.3 Å². The summed E-state index contributed by atoms with van der Waals surface area (Å²) in [5.74, 6) is 0.504. The first-order valence-corrected chi connectivity index (χ1v) is 7.82. The Morgan fingerprint density at radius 3 is 2.26 bits per heavy atom. The molecule has 0 saturated heterocycles. The lowest BCUT2D eigenvalue weighted by atomic mass is 10.3. The normalized spacial score (nSPS) is 11.5. The van der Waals surface area contributed by atoms with Gasteiger partial charge >= 0.3 is 7.60 Å². The standard InChI is InChI=1S/C13H21O5P/c1-4-17-19(14,18-5-2)13-9-7-6-8-12(13)16-11-10-15-3/h6-9H,4-5,10-11H2,1-3H3. The van der Waals surface area contributed by atoms with Gasteiger partial charge < -0.3 is 18.5 Å². The molecule has 19 heavy (non-hydrogen) atoms. The van der Waals surface area contributed by atoms with Crippen LogP contribution in [0.1, 0.15) is 13.8 Å². The molecule has 0 bridgehead atoms. The minimum absolute atomic E-state index is 0.309. The highest BCUT2D eigenvalue weighted by Crippen LogP contribution is 2.49. The molecule has 108 valence electrons. The van der Waals surface area contributed by atoms with Crippen molar-refractivity contribution in [3.05, 3.63) is 24.3 Å². The number of rotatable bonds is 9. The van der Waals surface area contributed by atoms with Crippen molar-refractivity contribution in [2.24, 2.45) is 0 Å². The summed E-state index contributed by atoms with van der Waals surface area (Å²) in [4.78, 5) is 0. The Balaban J connectivity index is 2.98. The van der Waals surface area contributed by atoms with Gasteiger partial charge in [0.15, 0.2) is 0 Å². The van der Waals surface area contributed by atoms with Crippen LogP contribution in [-0.2, 0) is 18.3 Å². The number of para-hydroxylation sites is 1. The second-order valence-electron chi connectivity index (χ2n) is 3.64. The monoisotopic (exact) mass is 288 g/mol. The van der Waals surface area contributed by atoms with Crippen molar-refractivity contribution in [3.63, 3.8) is 0 Å². The fraction of sp³-hybridized carbons (Fsp3) is 0.538. The van der Waals surface area contributed by atoms with Gasteiger partial charge in [-0.15, -0.1) is 0 Å². The number of hydrogen-bond donors (Lipinski definition) is 0. The van der Waals surface area contributed by atoms with Gasteiger partial charge in [0, 0.05) is 7.11 Å². The zero-order chi connectivity index (χ0) is 14.1. The van der Waals surface area contributed by atoms with Crippen molar-refractivity contribution in [3.8, 4) is 5.75 Å². The van der Waals surface area contributed by atoms with E-state index in [4.69, 9.17) is 18.5 Å². The first-order chi connectivity index (χ1) is 9.18. The summed E-state index contributed by atoms with van der Waals surface area (Å²) in [7, 11) is -1.73. The molecule has 0 N–H and O–H groups in total. The average molecular weight is 288 g/mol. The van der Waals surface area contributed by atoms with Gasteiger partial charge in [-0.05, 0) is 26.0 Å². The lowest BCUT2D eigenvalue weighted by Gasteiger charge is -2.19. The molecule has 0 saturated carbocycles. The Labute approximate surface area is 114 Å². The van der Waals surface area contributed by atoms with E-state index >= 15 is 0 Å². The molecule has 0 aliphatic heterocycles. The Kier molecular flexibility index (Phi) is 7.10. The van der Waals surface area contributed by atoms with E-state index in [1.54, 1.807) is 39.2 Å². The van der Waals surface area contributed by atoms with Crippen LogP contribution in [0.2, 0.25) is 0 Å². The van der Waals surface area contributed by atoms with Crippen molar-refractivity contribution in [1.29, 1.82) is 0 Å². The summed E-state index contributed by atoms with van der Waals surface area (Å²) in [6.45, 7) is 5.02. The maximum Gasteiger partial charge on any atom is 0.365 e. The molecule has 1 rings (SSSR count). The van der Waals surface area contributed by atoms with E-state index < -0.39 is 7.60 Å². The van der Waals surface area contributed by atoms with E-state index in [-0.39, 0.29) is 0 Å². The van der Waals surface area contributed by atoms with Crippen LogP contribution in [0, 0.1) is 0 Å². The molecule has 0 aliphatic carbocycles. The number of ether oxygens (including phenoxy) is 2. The topological polar surface area (TPSA) is 54.0 Å². The first-order valence-electron chi connectivity index (χ1n) is 6.28. The predicted octanol–water partition coefficient (Wildman–Crippen LogP) is 2.60. The van der Waals surface area contributed by atoms with Gasteiger partial charge in [0.25, 0.3) is 0 Å². The lowest BCUT2D eigenvalue weighted by Crippen LogP contribution is -2.16. The maximum absolute atomic E-state index is 12.7. The van der Waals surface area contributed by atoms with Crippen LogP contribution in [-0.4, -0.2) is 33.5 Å². The fourth-order valence-corrected chi connectivity index (χ4v) is 3.27. The molecular formula is C13H21O5P. The fourth-order valence-electron chi connectivity index (χ4n) is 1.56. The summed E-state index contributed by atoms with van der Waals surface area (Å²) in [5.41, 5.74) is 0. The van der Waals surface area contributed by atoms with Crippen molar-refractivity contribution in [2.75, 3.05) is 33.5 Å². The Morgan fingerprint density at radius 2 is 1.68 bits per heavy atom. The second kappa shape index (κ2) is 8.33. The molecule has 0 aliphatic rings. The van der Waals surface area contributed by atoms with Gasteiger partial charge in [-0.1, -0.05) is 12.1 Å². The smallest absolute Gasteiger partial charge is 0.365 e. The largest absolute Gasteiger partial charge is 0.490 e. The molecule has 0 fully saturated rings. The summed E-state index contributed by atoms with van der Waals surface area (Å²) in [6, 6.07) is 7.04. The van der Waals surface area contributed by atoms with Crippen molar-refractivity contribution in [1.82, 2.24) is 0 Å². The summed E-state index contributed by atoms with van der Waals surface area (Å²) in [6.07, 6.45) is 0. The number of methoxy groups -OCH3 is 1. The predicted molar refractivity (Wildman–Crippen MR) is 74.3 cm³/mol. The lowest BCUT2D eigenvalue weighted by molar-refractivity contribution is 0.146. The molecule has 0 spiro atoms. The van der Waals surface area contributed by atoms with Gasteiger partial charge in [0.1, 0.15) is 17.7 Å². The molecule has 5 nitrogen and oxygen atoms in total. The summed E-state index contributed by atoms with van der Waals surface area (Å²) >= 11 is 0. The van der Waals surface area contributed by atoms with E-state index in [1.165, 1.54) is 0 Å². The maximum atomic E-state index is 12.7. The zero-order valence-electron chi connectivity index (χ0n) is 11.6. The molecule has 1 aromatic rings. The van der Waals surface area contributed by atoms with Gasteiger partial charge in [0.05, 0.1) is 19.8 Å². The molecule has 0 amide bonds. The van der Waals surface area contributed by atoms with Gasteiger partial charge in [-0.25, -0.2) is 0 Å². The molecule has 0 radical (unpaired) electrons. The van der Waals surface area contributed by atoms with Gasteiger partial charge in [0.2, 0.25) is 0 Å². The summed E-state index contributed by atoms with van der Waals surface area (Å²) in [5, 5.41) is 0.454. The SMILES string of the molecule is CCOP(=O)(OCC)c1ccccc1OCCOC. The minimum atomic E-state index is -3.32. The highest BCUT2D eigenvalue weighted by Gasteiger charge is 2.30. The van der Waals surface area contributed by atoms with E-state index in [9.17, 15) is 4.57 Å². The minimum Gasteiger partial charge on any atom is -0.490 e. The summed E-state index contributed by atoms with van der Waals surface area (Å²) < 4.78 is 33.8. The molecule has 0 aromatic heterocycles. The third-order valence-corrected chi connectivity index (χ3v) is 4.46. The highest BCUT2D eigenvalue weighted by atomic mass is 31.2. The third-order valence-electron chi connectivity index (χ3n) is 2.30. The number of hydrogen-bond acceptors (Lipinski definition) is 5. The Hall–Kier alpha value is -0.870. The van der Waals surface area contributed by atoms with E-state index in [2.05, 4.69) is 0 Å². The van der Waals surface area contributed by atoms with Crippen LogP contribution in [0.4, 0.5) is 0 Å². The quantitative estimate of drug-likeness (QED) is 0.516. The second-order valence-corrected chi connectivity index (χ2v) is 5.64. The van der Waals surface area contributed by atoms with Crippen molar-refractivity contribution >= 4 is 12.9 Å². The molecule has 1 aromatic carbocycles. The van der Waals surface area contributed by atoms with Crippen molar-refractivity contribution < 1.29 is 23.1 Å². The van der Waals surface area contributed by atoms with E-state index in [1.807, 2.05) is 6.07 Å². The zero-order valence-corrected chi connectivity index (χ0v) is 12.5. The van der Waals surface area contributed by atoms with Crippen LogP contribution >= 0.6 is 7.60 Å². The van der Waals surface area contributed by atoms with Crippen molar-refractivity contribution in [2.45, 2.75) is 13.8 Å². The van der Waals surface area contributed by atoms with E-state index in [0.29, 0.717) is 37.5 Å². The molecule has 0 unspecified atom stereocenters. The molecule has 6 heteroatoms. The first kappa shape index (κ1) is 16.2. The Bertz CT molecular complexity index is 411. The third kappa shape index (κ3) is 4.62. The van der Waals surface area contributed by atoms with Crippen LogP contribution in [0.3, 0.4) is 0 Å².